The molecule has 2 atom stereocenters. The van der Waals surface area contributed by atoms with E-state index in [4.69, 9.17) is 4.98 Å². The van der Waals surface area contributed by atoms with Gasteiger partial charge in [-0.1, -0.05) is 6.92 Å². The zero-order valence-corrected chi connectivity index (χ0v) is 13.2. The first-order chi connectivity index (χ1) is 9.70. The number of hydrogen-bond donors (Lipinski definition) is 1. The summed E-state index contributed by atoms with van der Waals surface area (Å²) in [6, 6.07) is 2.69. The number of rotatable bonds is 3. The molecule has 3 rings (SSSR count). The van der Waals surface area contributed by atoms with Crippen molar-refractivity contribution >= 4 is 33.3 Å². The van der Waals surface area contributed by atoms with E-state index in [1.165, 1.54) is 18.2 Å². The summed E-state index contributed by atoms with van der Waals surface area (Å²) in [6.45, 7) is 8.68. The summed E-state index contributed by atoms with van der Waals surface area (Å²) in [5.74, 6) is 2.57. The van der Waals surface area contributed by atoms with Crippen molar-refractivity contribution in [1.29, 1.82) is 0 Å². The van der Waals surface area contributed by atoms with Gasteiger partial charge in [-0.15, -0.1) is 11.3 Å². The van der Waals surface area contributed by atoms with E-state index in [0.29, 0.717) is 6.04 Å². The van der Waals surface area contributed by atoms with E-state index in [-0.39, 0.29) is 0 Å². The van der Waals surface area contributed by atoms with Gasteiger partial charge in [-0.25, -0.2) is 4.98 Å². The molecule has 1 fully saturated rings. The van der Waals surface area contributed by atoms with Crippen molar-refractivity contribution in [2.75, 3.05) is 23.3 Å². The Balaban J connectivity index is 2.06. The third-order valence-corrected chi connectivity index (χ3v) is 5.09. The number of piperidine rings is 1. The molecular formula is C15H22N4S. The molecule has 108 valence electrons. The molecular weight excluding hydrogens is 268 g/mol. The maximum atomic E-state index is 4.78. The molecule has 0 radical (unpaired) electrons. The zero-order valence-electron chi connectivity index (χ0n) is 12.4. The van der Waals surface area contributed by atoms with Gasteiger partial charge in [-0.2, -0.15) is 4.98 Å². The van der Waals surface area contributed by atoms with Gasteiger partial charge in [-0.05, 0) is 44.1 Å². The Morgan fingerprint density at radius 3 is 3.05 bits per heavy atom. The molecule has 0 saturated carbocycles. The van der Waals surface area contributed by atoms with Gasteiger partial charge in [0.25, 0.3) is 0 Å². The summed E-state index contributed by atoms with van der Waals surface area (Å²) in [4.78, 5) is 12.9. The van der Waals surface area contributed by atoms with E-state index in [0.717, 1.165) is 35.6 Å². The molecule has 0 aromatic carbocycles. The van der Waals surface area contributed by atoms with Gasteiger partial charge in [-0.3, -0.25) is 0 Å². The van der Waals surface area contributed by atoms with E-state index < -0.39 is 0 Å². The molecule has 0 amide bonds. The Morgan fingerprint density at radius 2 is 2.25 bits per heavy atom. The molecule has 0 spiro atoms. The first-order valence-electron chi connectivity index (χ1n) is 7.46. The molecule has 1 aliphatic rings. The first kappa shape index (κ1) is 13.6. The van der Waals surface area contributed by atoms with Crippen LogP contribution in [-0.4, -0.2) is 29.1 Å². The predicted octanol–water partition coefficient (Wildman–Crippen LogP) is 3.75. The van der Waals surface area contributed by atoms with Crippen LogP contribution in [0.5, 0.6) is 0 Å². The van der Waals surface area contributed by atoms with Crippen molar-refractivity contribution < 1.29 is 0 Å². The fourth-order valence-corrected chi connectivity index (χ4v) is 3.69. The quantitative estimate of drug-likeness (QED) is 0.934. The molecule has 2 aromatic heterocycles. The molecule has 5 heteroatoms. The van der Waals surface area contributed by atoms with E-state index >= 15 is 0 Å². The fourth-order valence-electron chi connectivity index (χ4n) is 2.93. The van der Waals surface area contributed by atoms with Gasteiger partial charge in [0.1, 0.15) is 10.6 Å². The minimum Gasteiger partial charge on any atom is -0.354 e. The monoisotopic (exact) mass is 290 g/mol. The minimum absolute atomic E-state index is 0.538. The smallest absolute Gasteiger partial charge is 0.226 e. The topological polar surface area (TPSA) is 41.1 Å². The fraction of sp³-hybridized carbons (Fsp3) is 0.600. The highest BCUT2D eigenvalue weighted by Crippen LogP contribution is 2.34. The van der Waals surface area contributed by atoms with Crippen molar-refractivity contribution in [2.45, 2.75) is 39.7 Å². The Hall–Kier alpha value is -1.36. The highest BCUT2D eigenvalue weighted by Gasteiger charge is 2.27. The standard InChI is InChI=1S/C15H22N4S/c1-4-16-15-17-13(12-7-9-20-14(12)18-15)19-8-5-6-10(2)11(19)3/h7,9-11H,4-6,8H2,1-3H3,(H,16,17,18). The van der Waals surface area contributed by atoms with Gasteiger partial charge in [0.05, 0.1) is 5.39 Å². The molecule has 0 bridgehead atoms. The summed E-state index contributed by atoms with van der Waals surface area (Å²) in [5.41, 5.74) is 0. The predicted molar refractivity (Wildman–Crippen MR) is 86.8 cm³/mol. The number of nitrogens with one attached hydrogen (secondary N) is 1. The zero-order chi connectivity index (χ0) is 14.1. The maximum Gasteiger partial charge on any atom is 0.226 e. The minimum atomic E-state index is 0.538. The van der Waals surface area contributed by atoms with Crippen molar-refractivity contribution in [3.05, 3.63) is 11.4 Å². The molecule has 3 heterocycles. The van der Waals surface area contributed by atoms with Gasteiger partial charge in [0, 0.05) is 19.1 Å². The highest BCUT2D eigenvalue weighted by atomic mass is 32.1. The van der Waals surface area contributed by atoms with E-state index in [1.54, 1.807) is 11.3 Å². The van der Waals surface area contributed by atoms with Gasteiger partial charge >= 0.3 is 0 Å². The average molecular weight is 290 g/mol. The SMILES string of the molecule is CCNc1nc(N2CCCC(C)C2C)c2ccsc2n1. The second kappa shape index (κ2) is 5.56. The highest BCUT2D eigenvalue weighted by molar-refractivity contribution is 7.16. The first-order valence-corrected chi connectivity index (χ1v) is 8.34. The van der Waals surface area contributed by atoms with Crippen LogP contribution in [-0.2, 0) is 0 Å². The lowest BCUT2D eigenvalue weighted by Gasteiger charge is -2.39. The normalized spacial score (nSPS) is 23.2. The van der Waals surface area contributed by atoms with Crippen molar-refractivity contribution in [2.24, 2.45) is 5.92 Å². The van der Waals surface area contributed by atoms with Crippen LogP contribution in [0.4, 0.5) is 11.8 Å². The lowest BCUT2D eigenvalue weighted by atomic mass is 9.92. The summed E-state index contributed by atoms with van der Waals surface area (Å²) in [6.07, 6.45) is 2.56. The third kappa shape index (κ3) is 2.35. The van der Waals surface area contributed by atoms with Crippen LogP contribution >= 0.6 is 11.3 Å². The number of fused-ring (bicyclic) bond motifs is 1. The molecule has 20 heavy (non-hydrogen) atoms. The van der Waals surface area contributed by atoms with Crippen molar-refractivity contribution in [3.63, 3.8) is 0 Å². The molecule has 0 aliphatic carbocycles. The molecule has 1 saturated heterocycles. The van der Waals surface area contributed by atoms with Crippen LogP contribution in [0.15, 0.2) is 11.4 Å². The lowest BCUT2D eigenvalue weighted by molar-refractivity contribution is 0.362. The number of aromatic nitrogens is 2. The van der Waals surface area contributed by atoms with Gasteiger partial charge in [0.15, 0.2) is 0 Å². The van der Waals surface area contributed by atoms with Crippen LogP contribution < -0.4 is 10.2 Å². The Kier molecular flexibility index (Phi) is 3.78. The summed E-state index contributed by atoms with van der Waals surface area (Å²) in [7, 11) is 0. The maximum absolute atomic E-state index is 4.78. The number of hydrogen-bond acceptors (Lipinski definition) is 5. The van der Waals surface area contributed by atoms with Crippen LogP contribution in [0.2, 0.25) is 0 Å². The van der Waals surface area contributed by atoms with Crippen LogP contribution in [0, 0.1) is 5.92 Å². The number of thiophene rings is 1. The molecule has 1 aliphatic heterocycles. The average Bonchev–Trinajstić information content (AvgIpc) is 2.90. The molecule has 2 aromatic rings. The number of anilines is 2. The third-order valence-electron chi connectivity index (χ3n) is 4.29. The van der Waals surface area contributed by atoms with Crippen LogP contribution in [0.25, 0.3) is 10.2 Å². The second-order valence-electron chi connectivity index (χ2n) is 5.59. The van der Waals surface area contributed by atoms with E-state index in [1.807, 2.05) is 0 Å². The summed E-state index contributed by atoms with van der Waals surface area (Å²) < 4.78 is 0. The van der Waals surface area contributed by atoms with Crippen LogP contribution in [0.3, 0.4) is 0 Å². The molecule has 2 unspecified atom stereocenters. The number of nitrogens with zero attached hydrogens (tertiary/aromatic N) is 3. The van der Waals surface area contributed by atoms with Gasteiger partial charge < -0.3 is 10.2 Å². The molecule has 1 N–H and O–H groups in total. The summed E-state index contributed by atoms with van der Waals surface area (Å²) in [5, 5.41) is 6.55. The molecule has 4 nitrogen and oxygen atoms in total. The van der Waals surface area contributed by atoms with Gasteiger partial charge in [0.2, 0.25) is 5.95 Å². The van der Waals surface area contributed by atoms with E-state index in [9.17, 15) is 0 Å². The summed E-state index contributed by atoms with van der Waals surface area (Å²) >= 11 is 1.69. The second-order valence-corrected chi connectivity index (χ2v) is 6.49. The van der Waals surface area contributed by atoms with Crippen molar-refractivity contribution in [1.82, 2.24) is 9.97 Å². The lowest BCUT2D eigenvalue weighted by Crippen LogP contribution is -2.43. The Bertz CT molecular complexity index is 595. The largest absolute Gasteiger partial charge is 0.354 e. The van der Waals surface area contributed by atoms with Crippen molar-refractivity contribution in [3.8, 4) is 0 Å². The van der Waals surface area contributed by atoms with E-state index in [2.05, 4.69) is 47.4 Å². The Labute approximate surface area is 124 Å². The Morgan fingerprint density at radius 1 is 1.40 bits per heavy atom. The van der Waals surface area contributed by atoms with Crippen LogP contribution in [0.1, 0.15) is 33.6 Å².